The van der Waals surface area contributed by atoms with Crippen molar-refractivity contribution in [3.05, 3.63) is 29.3 Å². The molecule has 0 radical (unpaired) electrons. The van der Waals surface area contributed by atoms with Crippen molar-refractivity contribution in [3.8, 4) is 0 Å². The topological polar surface area (TPSA) is 38.3 Å². The van der Waals surface area contributed by atoms with Gasteiger partial charge in [0.25, 0.3) is 0 Å². The quantitative estimate of drug-likeness (QED) is 0.849. The zero-order chi connectivity index (χ0) is 13.2. The minimum Gasteiger partial charge on any atom is -0.464 e. The third kappa shape index (κ3) is 2.46. The van der Waals surface area contributed by atoms with Crippen LogP contribution >= 0.6 is 11.6 Å². The van der Waals surface area contributed by atoms with E-state index in [1.54, 1.807) is 0 Å². The van der Waals surface area contributed by atoms with Crippen molar-refractivity contribution in [2.75, 3.05) is 11.9 Å². The fraction of sp³-hybridized carbons (Fsp3) is 0.500. The van der Waals surface area contributed by atoms with Crippen LogP contribution in [0.1, 0.15) is 26.7 Å². The lowest BCUT2D eigenvalue weighted by Gasteiger charge is -2.45. The zero-order valence-corrected chi connectivity index (χ0v) is 11.5. The average molecular weight is 268 g/mol. The number of esters is 1. The van der Waals surface area contributed by atoms with Crippen LogP contribution in [0.15, 0.2) is 24.3 Å². The summed E-state index contributed by atoms with van der Waals surface area (Å²) in [5, 5.41) is 3.89. The molecule has 1 saturated carbocycles. The van der Waals surface area contributed by atoms with Gasteiger partial charge in [-0.25, -0.2) is 4.79 Å². The van der Waals surface area contributed by atoms with Gasteiger partial charge in [0.1, 0.15) is 5.54 Å². The van der Waals surface area contributed by atoms with Gasteiger partial charge in [0.15, 0.2) is 0 Å². The summed E-state index contributed by atoms with van der Waals surface area (Å²) < 4.78 is 5.17. The first-order chi connectivity index (χ1) is 8.57. The van der Waals surface area contributed by atoms with Crippen LogP contribution in [0, 0.1) is 5.92 Å². The van der Waals surface area contributed by atoms with Gasteiger partial charge in [0.2, 0.25) is 0 Å². The van der Waals surface area contributed by atoms with E-state index in [1.165, 1.54) is 0 Å². The average Bonchev–Trinajstić information content (AvgIpc) is 2.30. The molecular weight excluding hydrogens is 250 g/mol. The van der Waals surface area contributed by atoms with Crippen molar-refractivity contribution in [1.29, 1.82) is 0 Å². The Balaban J connectivity index is 2.17. The molecule has 0 saturated heterocycles. The smallest absolute Gasteiger partial charge is 0.331 e. The van der Waals surface area contributed by atoms with Crippen molar-refractivity contribution in [1.82, 2.24) is 0 Å². The first-order valence-electron chi connectivity index (χ1n) is 6.27. The summed E-state index contributed by atoms with van der Waals surface area (Å²) in [6, 6.07) is 7.46. The summed E-state index contributed by atoms with van der Waals surface area (Å²) in [6.45, 7) is 4.36. The Bertz CT molecular complexity index is 441. The van der Waals surface area contributed by atoms with Gasteiger partial charge in [-0.2, -0.15) is 0 Å². The number of benzene rings is 1. The van der Waals surface area contributed by atoms with Crippen LogP contribution in [0.5, 0.6) is 0 Å². The van der Waals surface area contributed by atoms with Crippen molar-refractivity contribution < 1.29 is 9.53 Å². The molecule has 0 amide bonds. The number of hydrogen-bond acceptors (Lipinski definition) is 3. The normalized spacial score (nSPS) is 26.3. The first-order valence-corrected chi connectivity index (χ1v) is 6.65. The molecule has 4 heteroatoms. The van der Waals surface area contributed by atoms with E-state index in [0.717, 1.165) is 18.5 Å². The van der Waals surface area contributed by atoms with Crippen LogP contribution in [0.4, 0.5) is 5.69 Å². The zero-order valence-electron chi connectivity index (χ0n) is 10.7. The van der Waals surface area contributed by atoms with E-state index in [0.29, 0.717) is 17.5 Å². The second-order valence-corrected chi connectivity index (χ2v) is 5.33. The fourth-order valence-electron chi connectivity index (χ4n) is 2.54. The van der Waals surface area contributed by atoms with Crippen LogP contribution in [0.25, 0.3) is 0 Å². The van der Waals surface area contributed by atoms with E-state index in [9.17, 15) is 4.79 Å². The maximum Gasteiger partial charge on any atom is 0.331 e. The van der Waals surface area contributed by atoms with E-state index < -0.39 is 5.54 Å². The third-order valence-electron chi connectivity index (χ3n) is 3.31. The lowest BCUT2D eigenvalue weighted by Crippen LogP contribution is -2.56. The highest BCUT2D eigenvalue weighted by molar-refractivity contribution is 6.33. The minimum atomic E-state index is -0.597. The predicted molar refractivity (Wildman–Crippen MR) is 72.8 cm³/mol. The van der Waals surface area contributed by atoms with Crippen LogP contribution in [0.3, 0.4) is 0 Å². The summed E-state index contributed by atoms with van der Waals surface area (Å²) in [7, 11) is 0. The Kier molecular flexibility index (Phi) is 3.81. The molecule has 2 rings (SSSR count). The standard InChI is InChI=1S/C14H18ClNO2/c1-3-18-13(17)14(8-10(2)9-14)16-12-7-5-4-6-11(12)15/h4-7,10,16H,3,8-9H2,1-2H3. The molecule has 18 heavy (non-hydrogen) atoms. The van der Waals surface area contributed by atoms with Gasteiger partial charge in [-0.1, -0.05) is 30.7 Å². The number of halogens is 1. The molecule has 1 aliphatic rings. The number of ether oxygens (including phenoxy) is 1. The van der Waals surface area contributed by atoms with Crippen molar-refractivity contribution >= 4 is 23.3 Å². The van der Waals surface area contributed by atoms with Crippen LogP contribution in [0.2, 0.25) is 5.02 Å². The molecule has 3 nitrogen and oxygen atoms in total. The number of carbonyl (C=O) groups excluding carboxylic acids is 1. The molecule has 0 unspecified atom stereocenters. The SMILES string of the molecule is CCOC(=O)C1(Nc2ccccc2Cl)CC(C)C1. The number of para-hydroxylation sites is 1. The van der Waals surface area contributed by atoms with Gasteiger partial charge in [0.05, 0.1) is 17.3 Å². The van der Waals surface area contributed by atoms with E-state index >= 15 is 0 Å². The molecule has 0 heterocycles. The second kappa shape index (κ2) is 5.19. The predicted octanol–water partition coefficient (Wildman–Crippen LogP) is 3.48. The summed E-state index contributed by atoms with van der Waals surface area (Å²) in [4.78, 5) is 12.1. The number of nitrogens with one attached hydrogen (secondary N) is 1. The summed E-state index contributed by atoms with van der Waals surface area (Å²) in [5.74, 6) is 0.354. The Hall–Kier alpha value is -1.22. The van der Waals surface area contributed by atoms with Gasteiger partial charge in [-0.15, -0.1) is 0 Å². The highest BCUT2D eigenvalue weighted by Gasteiger charge is 2.49. The molecule has 1 aromatic carbocycles. The lowest BCUT2D eigenvalue weighted by molar-refractivity contribution is -0.153. The van der Waals surface area contributed by atoms with Crippen molar-refractivity contribution in [3.63, 3.8) is 0 Å². The van der Waals surface area contributed by atoms with Gasteiger partial charge in [0, 0.05) is 0 Å². The number of hydrogen-bond donors (Lipinski definition) is 1. The molecule has 0 aromatic heterocycles. The highest BCUT2D eigenvalue weighted by Crippen LogP contribution is 2.42. The van der Waals surface area contributed by atoms with E-state index in [2.05, 4.69) is 12.2 Å². The minimum absolute atomic E-state index is 0.178. The van der Waals surface area contributed by atoms with Crippen LogP contribution < -0.4 is 5.32 Å². The van der Waals surface area contributed by atoms with Crippen molar-refractivity contribution in [2.24, 2.45) is 5.92 Å². The molecule has 0 bridgehead atoms. The van der Waals surface area contributed by atoms with E-state index in [4.69, 9.17) is 16.3 Å². The van der Waals surface area contributed by atoms with Gasteiger partial charge in [-0.3, -0.25) is 0 Å². The molecule has 98 valence electrons. The molecule has 0 spiro atoms. The molecule has 0 aliphatic heterocycles. The van der Waals surface area contributed by atoms with E-state index in [-0.39, 0.29) is 5.97 Å². The number of carbonyl (C=O) groups is 1. The summed E-state index contributed by atoms with van der Waals surface area (Å²) >= 11 is 6.11. The maximum atomic E-state index is 12.1. The number of anilines is 1. The third-order valence-corrected chi connectivity index (χ3v) is 3.64. The van der Waals surface area contributed by atoms with Crippen LogP contribution in [-0.4, -0.2) is 18.1 Å². The molecule has 1 fully saturated rings. The second-order valence-electron chi connectivity index (χ2n) is 4.92. The largest absolute Gasteiger partial charge is 0.464 e. The summed E-state index contributed by atoms with van der Waals surface area (Å²) in [5.41, 5.74) is 0.194. The molecule has 1 aliphatic carbocycles. The Morgan fingerprint density at radius 3 is 2.72 bits per heavy atom. The Morgan fingerprint density at radius 2 is 2.17 bits per heavy atom. The summed E-state index contributed by atoms with van der Waals surface area (Å²) in [6.07, 6.45) is 1.58. The molecule has 1 N–H and O–H groups in total. The van der Waals surface area contributed by atoms with E-state index in [1.807, 2.05) is 31.2 Å². The van der Waals surface area contributed by atoms with Gasteiger partial charge < -0.3 is 10.1 Å². The fourth-order valence-corrected chi connectivity index (χ4v) is 2.72. The van der Waals surface area contributed by atoms with Crippen molar-refractivity contribution in [2.45, 2.75) is 32.2 Å². The Labute approximate surface area is 112 Å². The highest BCUT2D eigenvalue weighted by atomic mass is 35.5. The van der Waals surface area contributed by atoms with Gasteiger partial charge in [-0.05, 0) is 37.8 Å². The molecule has 1 aromatic rings. The first kappa shape index (κ1) is 13.2. The van der Waals surface area contributed by atoms with Crippen LogP contribution in [-0.2, 0) is 9.53 Å². The van der Waals surface area contributed by atoms with Gasteiger partial charge >= 0.3 is 5.97 Å². The maximum absolute atomic E-state index is 12.1. The molecule has 0 atom stereocenters. The Morgan fingerprint density at radius 1 is 1.50 bits per heavy atom. The molecular formula is C14H18ClNO2. The monoisotopic (exact) mass is 267 g/mol. The number of rotatable bonds is 4. The lowest BCUT2D eigenvalue weighted by atomic mass is 9.69.